The van der Waals surface area contributed by atoms with E-state index >= 15 is 0 Å². The van der Waals surface area contributed by atoms with Crippen LogP contribution < -0.4 is 5.32 Å². The number of nitrogens with one attached hydrogen (secondary N) is 1. The van der Waals surface area contributed by atoms with E-state index in [0.29, 0.717) is 5.02 Å². The van der Waals surface area contributed by atoms with Crippen LogP contribution in [0.15, 0.2) is 18.2 Å². The average molecular weight is 311 g/mol. The highest BCUT2D eigenvalue weighted by Crippen LogP contribution is 2.23. The summed E-state index contributed by atoms with van der Waals surface area (Å²) in [7, 11) is 1.90. The molecule has 5 heteroatoms. The Morgan fingerprint density at radius 2 is 2.14 bits per heavy atom. The molecule has 1 aliphatic carbocycles. The van der Waals surface area contributed by atoms with Crippen LogP contribution >= 0.6 is 11.6 Å². The Balaban J connectivity index is 1.91. The van der Waals surface area contributed by atoms with Gasteiger partial charge in [-0.05, 0) is 50.6 Å². The molecule has 0 saturated heterocycles. The van der Waals surface area contributed by atoms with Gasteiger partial charge in [-0.3, -0.25) is 9.69 Å². The van der Waals surface area contributed by atoms with E-state index in [1.807, 2.05) is 31.0 Å². The molecule has 1 fully saturated rings. The zero-order chi connectivity index (χ0) is 15.4. The van der Waals surface area contributed by atoms with Gasteiger partial charge >= 0.3 is 0 Å². The third-order valence-corrected chi connectivity index (χ3v) is 4.35. The molecule has 2 unspecified atom stereocenters. The predicted octanol–water partition coefficient (Wildman–Crippen LogP) is 2.82. The summed E-state index contributed by atoms with van der Waals surface area (Å²) in [5.41, 5.74) is 1.72. The maximum Gasteiger partial charge on any atom is 0.238 e. The first-order chi connectivity index (χ1) is 9.97. The first-order valence-electron chi connectivity index (χ1n) is 7.41. The summed E-state index contributed by atoms with van der Waals surface area (Å²) in [5.74, 6) is -0.0688. The Labute approximate surface area is 131 Å². The summed E-state index contributed by atoms with van der Waals surface area (Å²) in [6, 6.07) is 5.48. The number of anilines is 1. The summed E-state index contributed by atoms with van der Waals surface area (Å²) in [6.45, 7) is 2.19. The zero-order valence-corrected chi connectivity index (χ0v) is 13.4. The molecule has 0 spiro atoms. The van der Waals surface area contributed by atoms with Gasteiger partial charge in [0.05, 0.1) is 12.6 Å². The number of hydrogen-bond acceptors (Lipinski definition) is 3. The van der Waals surface area contributed by atoms with E-state index in [0.717, 1.165) is 36.9 Å². The molecule has 1 aromatic carbocycles. The number of carbonyl (C=O) groups excluding carboxylic acids is 1. The lowest BCUT2D eigenvalue weighted by Crippen LogP contribution is -2.46. The molecule has 1 aromatic rings. The van der Waals surface area contributed by atoms with Crippen LogP contribution in [-0.2, 0) is 4.79 Å². The topological polar surface area (TPSA) is 52.6 Å². The fraction of sp³-hybridized carbons (Fsp3) is 0.562. The second-order valence-electron chi connectivity index (χ2n) is 5.84. The van der Waals surface area contributed by atoms with Crippen LogP contribution in [-0.4, -0.2) is 41.7 Å². The number of benzene rings is 1. The van der Waals surface area contributed by atoms with Gasteiger partial charge in [0, 0.05) is 16.8 Å². The minimum Gasteiger partial charge on any atom is -0.391 e. The Hall–Kier alpha value is -1.10. The summed E-state index contributed by atoms with van der Waals surface area (Å²) < 4.78 is 0. The third kappa shape index (κ3) is 4.43. The van der Waals surface area contributed by atoms with Gasteiger partial charge in [0.25, 0.3) is 0 Å². The fourth-order valence-corrected chi connectivity index (χ4v) is 3.13. The van der Waals surface area contributed by atoms with Gasteiger partial charge in [0.2, 0.25) is 5.91 Å². The number of likely N-dealkylation sites (N-methyl/N-ethyl adjacent to an activating group) is 1. The fourth-order valence-electron chi connectivity index (χ4n) is 2.91. The molecule has 2 atom stereocenters. The van der Waals surface area contributed by atoms with E-state index in [1.54, 1.807) is 6.07 Å². The molecule has 1 aliphatic rings. The molecule has 0 radical (unpaired) electrons. The minimum atomic E-state index is -0.325. The van der Waals surface area contributed by atoms with Gasteiger partial charge in [0.15, 0.2) is 0 Å². The third-order valence-electron chi connectivity index (χ3n) is 4.12. The number of nitrogens with zero attached hydrogens (tertiary/aromatic N) is 1. The monoisotopic (exact) mass is 310 g/mol. The number of amides is 1. The molecular weight excluding hydrogens is 288 g/mol. The highest BCUT2D eigenvalue weighted by Gasteiger charge is 2.27. The molecule has 2 N–H and O–H groups in total. The van der Waals surface area contributed by atoms with Crippen molar-refractivity contribution in [2.45, 2.75) is 44.8 Å². The zero-order valence-electron chi connectivity index (χ0n) is 12.6. The molecule has 1 amide bonds. The quantitative estimate of drug-likeness (QED) is 0.899. The molecular formula is C16H23ClN2O2. The molecule has 4 nitrogen and oxygen atoms in total. The van der Waals surface area contributed by atoms with Crippen LogP contribution in [0.2, 0.25) is 5.02 Å². The molecule has 0 bridgehead atoms. The summed E-state index contributed by atoms with van der Waals surface area (Å²) >= 11 is 5.91. The largest absolute Gasteiger partial charge is 0.391 e. The number of aliphatic hydroxyl groups excluding tert-OH is 1. The van der Waals surface area contributed by atoms with Crippen molar-refractivity contribution in [1.82, 2.24) is 4.90 Å². The van der Waals surface area contributed by atoms with E-state index in [1.165, 1.54) is 0 Å². The van der Waals surface area contributed by atoms with Crippen molar-refractivity contribution in [3.63, 3.8) is 0 Å². The average Bonchev–Trinajstić information content (AvgIpc) is 2.42. The Bertz CT molecular complexity index is 507. The highest BCUT2D eigenvalue weighted by molar-refractivity contribution is 6.30. The molecule has 21 heavy (non-hydrogen) atoms. The van der Waals surface area contributed by atoms with Crippen molar-refractivity contribution in [2.24, 2.45) is 0 Å². The number of aryl methyl sites for hydroxylation is 1. The van der Waals surface area contributed by atoms with E-state index in [9.17, 15) is 9.90 Å². The van der Waals surface area contributed by atoms with Gasteiger partial charge in [-0.2, -0.15) is 0 Å². The summed E-state index contributed by atoms with van der Waals surface area (Å²) in [5, 5.41) is 13.6. The smallest absolute Gasteiger partial charge is 0.238 e. The molecule has 0 heterocycles. The Morgan fingerprint density at radius 1 is 1.43 bits per heavy atom. The standard InChI is InChI=1S/C16H23ClN2O2/c1-11-9-12(17)7-8-13(11)18-16(21)10-19(2)14-5-3-4-6-15(14)20/h7-9,14-15,20H,3-6,10H2,1-2H3,(H,18,21). The highest BCUT2D eigenvalue weighted by atomic mass is 35.5. The van der Waals surface area contributed by atoms with Crippen LogP contribution in [0.5, 0.6) is 0 Å². The van der Waals surface area contributed by atoms with Gasteiger partial charge < -0.3 is 10.4 Å². The van der Waals surface area contributed by atoms with Gasteiger partial charge in [-0.25, -0.2) is 0 Å². The molecule has 116 valence electrons. The number of halogens is 1. The summed E-state index contributed by atoms with van der Waals surface area (Å²) in [4.78, 5) is 14.1. The normalized spacial score (nSPS) is 22.3. The molecule has 0 aliphatic heterocycles. The van der Waals surface area contributed by atoms with Crippen molar-refractivity contribution < 1.29 is 9.90 Å². The molecule has 2 rings (SSSR count). The van der Waals surface area contributed by atoms with Crippen LogP contribution in [0.3, 0.4) is 0 Å². The van der Waals surface area contributed by atoms with E-state index < -0.39 is 0 Å². The first-order valence-corrected chi connectivity index (χ1v) is 7.79. The lowest BCUT2D eigenvalue weighted by Gasteiger charge is -2.34. The lowest BCUT2D eigenvalue weighted by molar-refractivity contribution is -0.118. The predicted molar refractivity (Wildman–Crippen MR) is 85.7 cm³/mol. The number of aliphatic hydroxyl groups is 1. The van der Waals surface area contributed by atoms with Crippen molar-refractivity contribution in [2.75, 3.05) is 18.9 Å². The SMILES string of the molecule is Cc1cc(Cl)ccc1NC(=O)CN(C)C1CCCCC1O. The van der Waals surface area contributed by atoms with Gasteiger partial charge in [-0.15, -0.1) is 0 Å². The van der Waals surface area contributed by atoms with E-state index in [4.69, 9.17) is 11.6 Å². The van der Waals surface area contributed by atoms with E-state index in [2.05, 4.69) is 5.32 Å². The van der Waals surface area contributed by atoms with Gasteiger partial charge in [0.1, 0.15) is 0 Å². The van der Waals surface area contributed by atoms with Crippen molar-refractivity contribution in [3.8, 4) is 0 Å². The first kappa shape index (κ1) is 16.3. The van der Waals surface area contributed by atoms with Crippen LogP contribution in [0.4, 0.5) is 5.69 Å². The second-order valence-corrected chi connectivity index (χ2v) is 6.28. The Kier molecular flexibility index (Phi) is 5.62. The molecule has 1 saturated carbocycles. The van der Waals surface area contributed by atoms with Crippen molar-refractivity contribution in [3.05, 3.63) is 28.8 Å². The number of hydrogen-bond donors (Lipinski definition) is 2. The van der Waals surface area contributed by atoms with Crippen LogP contribution in [0, 0.1) is 6.92 Å². The van der Waals surface area contributed by atoms with Crippen LogP contribution in [0.25, 0.3) is 0 Å². The lowest BCUT2D eigenvalue weighted by atomic mass is 9.91. The summed E-state index contributed by atoms with van der Waals surface area (Å²) in [6.07, 6.45) is 3.64. The maximum atomic E-state index is 12.1. The number of carbonyl (C=O) groups is 1. The minimum absolute atomic E-state index is 0.0688. The van der Waals surface area contributed by atoms with Crippen molar-refractivity contribution >= 4 is 23.2 Å². The van der Waals surface area contributed by atoms with E-state index in [-0.39, 0.29) is 24.6 Å². The maximum absolute atomic E-state index is 12.1. The Morgan fingerprint density at radius 3 is 2.81 bits per heavy atom. The second kappa shape index (κ2) is 7.25. The van der Waals surface area contributed by atoms with Crippen LogP contribution in [0.1, 0.15) is 31.2 Å². The van der Waals surface area contributed by atoms with Crippen molar-refractivity contribution in [1.29, 1.82) is 0 Å². The number of rotatable bonds is 4. The molecule has 0 aromatic heterocycles. The van der Waals surface area contributed by atoms with Gasteiger partial charge in [-0.1, -0.05) is 24.4 Å².